The summed E-state index contributed by atoms with van der Waals surface area (Å²) in [6, 6.07) is 5.90. The fourth-order valence-corrected chi connectivity index (χ4v) is 2.23. The molecule has 5 nitrogen and oxygen atoms in total. The summed E-state index contributed by atoms with van der Waals surface area (Å²) in [5.74, 6) is 0. The van der Waals surface area contributed by atoms with Crippen LogP contribution < -0.4 is 10.6 Å². The fraction of sp³-hybridized carbons (Fsp3) is 0.333. The molecule has 0 unspecified atom stereocenters. The molecule has 1 saturated heterocycles. The van der Waals surface area contributed by atoms with E-state index in [0.29, 0.717) is 24.5 Å². The first-order valence-electron chi connectivity index (χ1n) is 7.11. The van der Waals surface area contributed by atoms with E-state index < -0.39 is 11.9 Å². The molecule has 2 N–H and O–H groups in total. The summed E-state index contributed by atoms with van der Waals surface area (Å²) in [5.41, 5.74) is 1.02. The van der Waals surface area contributed by atoms with E-state index in [1.165, 1.54) is 6.07 Å². The van der Waals surface area contributed by atoms with Crippen molar-refractivity contribution in [2.24, 2.45) is 0 Å². The first kappa shape index (κ1) is 15.7. The predicted molar refractivity (Wildman–Crippen MR) is 78.3 cm³/mol. The Kier molecular flexibility index (Phi) is 4.44. The molecule has 8 heteroatoms. The highest BCUT2D eigenvalue weighted by Gasteiger charge is 2.32. The van der Waals surface area contributed by atoms with Gasteiger partial charge in [-0.25, -0.2) is 4.98 Å². The van der Waals surface area contributed by atoms with Crippen LogP contribution >= 0.6 is 0 Å². The van der Waals surface area contributed by atoms with Gasteiger partial charge in [-0.15, -0.1) is 0 Å². The van der Waals surface area contributed by atoms with Gasteiger partial charge in [-0.05, 0) is 24.3 Å². The maximum Gasteiger partial charge on any atom is 0.433 e. The third-order valence-corrected chi connectivity index (χ3v) is 3.39. The lowest BCUT2D eigenvalue weighted by Gasteiger charge is -2.23. The van der Waals surface area contributed by atoms with Crippen LogP contribution in [0, 0.1) is 0 Å². The lowest BCUT2D eigenvalue weighted by atomic mass is 10.2. The normalized spacial score (nSPS) is 18.7. The van der Waals surface area contributed by atoms with Crippen LogP contribution in [0.3, 0.4) is 0 Å². The van der Waals surface area contributed by atoms with Crippen LogP contribution in [-0.2, 0) is 10.9 Å². The Hall–Kier alpha value is -2.19. The van der Waals surface area contributed by atoms with Gasteiger partial charge in [0, 0.05) is 13.1 Å². The average molecular weight is 324 g/mol. The van der Waals surface area contributed by atoms with Crippen molar-refractivity contribution in [3.63, 3.8) is 0 Å². The summed E-state index contributed by atoms with van der Waals surface area (Å²) in [5, 5.41) is 6.19. The number of pyridine rings is 2. The van der Waals surface area contributed by atoms with Crippen LogP contribution in [0.2, 0.25) is 0 Å². The monoisotopic (exact) mass is 324 g/mol. The number of morpholine rings is 1. The number of nitrogens with zero attached hydrogens (tertiary/aromatic N) is 2. The Morgan fingerprint density at radius 2 is 1.83 bits per heavy atom. The number of rotatable bonds is 3. The van der Waals surface area contributed by atoms with Gasteiger partial charge in [-0.1, -0.05) is 0 Å². The minimum absolute atomic E-state index is 0.0782. The summed E-state index contributed by atoms with van der Waals surface area (Å²) >= 11 is 0. The van der Waals surface area contributed by atoms with Gasteiger partial charge in [0.2, 0.25) is 0 Å². The molecule has 2 aromatic rings. The van der Waals surface area contributed by atoms with E-state index in [1.807, 2.05) is 6.07 Å². The average Bonchev–Trinajstić information content (AvgIpc) is 2.56. The number of ether oxygens (including phenoxy) is 1. The number of halogens is 3. The number of aromatic nitrogens is 2. The number of hydrogen-bond donors (Lipinski definition) is 2. The summed E-state index contributed by atoms with van der Waals surface area (Å²) in [7, 11) is 0. The van der Waals surface area contributed by atoms with Gasteiger partial charge < -0.3 is 15.4 Å². The summed E-state index contributed by atoms with van der Waals surface area (Å²) < 4.78 is 43.0. The van der Waals surface area contributed by atoms with Crippen LogP contribution in [-0.4, -0.2) is 29.7 Å². The molecule has 0 spiro atoms. The maximum absolute atomic E-state index is 12.5. The van der Waals surface area contributed by atoms with Crippen molar-refractivity contribution in [3.8, 4) is 0 Å². The van der Waals surface area contributed by atoms with Crippen molar-refractivity contribution in [1.29, 1.82) is 0 Å². The smallest absolute Gasteiger partial charge is 0.369 e. The second-order valence-electron chi connectivity index (χ2n) is 5.09. The maximum atomic E-state index is 12.5. The number of anilines is 2. The van der Waals surface area contributed by atoms with Crippen molar-refractivity contribution in [1.82, 2.24) is 15.3 Å². The lowest BCUT2D eigenvalue weighted by molar-refractivity contribution is -0.141. The summed E-state index contributed by atoms with van der Waals surface area (Å²) in [4.78, 5) is 7.73. The second kappa shape index (κ2) is 6.51. The molecule has 3 heterocycles. The second-order valence-corrected chi connectivity index (χ2v) is 5.09. The zero-order valence-electron chi connectivity index (χ0n) is 12.1. The first-order chi connectivity index (χ1) is 11.0. The molecular formula is C15H15F3N4O. The summed E-state index contributed by atoms with van der Waals surface area (Å²) in [6.45, 7) is 2.18. The molecule has 1 aliphatic rings. The topological polar surface area (TPSA) is 59.1 Å². The van der Waals surface area contributed by atoms with Crippen molar-refractivity contribution >= 4 is 11.4 Å². The molecular weight excluding hydrogens is 309 g/mol. The highest BCUT2D eigenvalue weighted by atomic mass is 19.4. The minimum Gasteiger partial charge on any atom is -0.369 e. The third kappa shape index (κ3) is 3.96. The van der Waals surface area contributed by atoms with E-state index in [2.05, 4.69) is 20.6 Å². The van der Waals surface area contributed by atoms with Crippen LogP contribution in [0.5, 0.6) is 0 Å². The van der Waals surface area contributed by atoms with Gasteiger partial charge in [0.15, 0.2) is 0 Å². The van der Waals surface area contributed by atoms with E-state index in [0.717, 1.165) is 24.5 Å². The molecule has 0 aromatic carbocycles. The minimum atomic E-state index is -4.43. The van der Waals surface area contributed by atoms with Gasteiger partial charge in [-0.2, -0.15) is 13.2 Å². The Morgan fingerprint density at radius 3 is 2.35 bits per heavy atom. The zero-order valence-corrected chi connectivity index (χ0v) is 12.1. The van der Waals surface area contributed by atoms with Gasteiger partial charge in [-0.3, -0.25) is 4.98 Å². The molecule has 122 valence electrons. The van der Waals surface area contributed by atoms with Gasteiger partial charge in [0.1, 0.15) is 11.8 Å². The molecule has 1 fully saturated rings. The van der Waals surface area contributed by atoms with Gasteiger partial charge >= 0.3 is 6.18 Å². The Bertz CT molecular complexity index is 637. The zero-order chi connectivity index (χ0) is 16.3. The van der Waals surface area contributed by atoms with Crippen molar-refractivity contribution in [3.05, 3.63) is 48.0 Å². The Balaban J connectivity index is 1.66. The number of alkyl halides is 3. The SMILES string of the molecule is FC(F)(F)c1ccc(Nc2ccc([C@@H]3CNCCO3)nc2)cn1. The summed E-state index contributed by atoms with van der Waals surface area (Å²) in [6.07, 6.45) is -1.75. The standard InChI is InChI=1S/C15H15F3N4O/c16-15(17,18)14-4-2-11(8-21-14)22-10-1-3-12(20-7-10)13-9-19-5-6-23-13/h1-4,7-8,13,19,22H,5-6,9H2/t13-/m0/s1. The Labute approximate surface area is 130 Å². The van der Waals surface area contributed by atoms with Gasteiger partial charge in [0.05, 0.1) is 36.1 Å². The molecule has 3 rings (SSSR count). The third-order valence-electron chi connectivity index (χ3n) is 3.39. The van der Waals surface area contributed by atoms with Crippen LogP contribution in [0.15, 0.2) is 36.7 Å². The van der Waals surface area contributed by atoms with Gasteiger partial charge in [0.25, 0.3) is 0 Å². The lowest BCUT2D eigenvalue weighted by Crippen LogP contribution is -2.33. The Morgan fingerprint density at radius 1 is 1.09 bits per heavy atom. The van der Waals surface area contributed by atoms with Crippen LogP contribution in [0.4, 0.5) is 24.5 Å². The van der Waals surface area contributed by atoms with Crippen molar-refractivity contribution in [2.45, 2.75) is 12.3 Å². The molecule has 23 heavy (non-hydrogen) atoms. The van der Waals surface area contributed by atoms with E-state index in [1.54, 1.807) is 12.3 Å². The molecule has 0 bridgehead atoms. The van der Waals surface area contributed by atoms with E-state index >= 15 is 0 Å². The van der Waals surface area contributed by atoms with E-state index in [4.69, 9.17) is 4.74 Å². The molecule has 0 aliphatic carbocycles. The molecule has 1 aliphatic heterocycles. The molecule has 1 atom stereocenters. The number of nitrogens with one attached hydrogen (secondary N) is 2. The van der Waals surface area contributed by atoms with Crippen molar-refractivity contribution < 1.29 is 17.9 Å². The van der Waals surface area contributed by atoms with Crippen LogP contribution in [0.25, 0.3) is 0 Å². The highest BCUT2D eigenvalue weighted by Crippen LogP contribution is 2.28. The first-order valence-corrected chi connectivity index (χ1v) is 7.11. The van der Waals surface area contributed by atoms with E-state index in [-0.39, 0.29) is 6.10 Å². The number of hydrogen-bond acceptors (Lipinski definition) is 5. The van der Waals surface area contributed by atoms with Crippen molar-refractivity contribution in [2.75, 3.05) is 25.0 Å². The molecule has 0 saturated carbocycles. The van der Waals surface area contributed by atoms with Crippen LogP contribution in [0.1, 0.15) is 17.5 Å². The largest absolute Gasteiger partial charge is 0.433 e. The highest BCUT2D eigenvalue weighted by molar-refractivity contribution is 5.57. The molecule has 2 aromatic heterocycles. The molecule has 0 amide bonds. The fourth-order valence-electron chi connectivity index (χ4n) is 2.23. The van der Waals surface area contributed by atoms with E-state index in [9.17, 15) is 13.2 Å². The predicted octanol–water partition coefficient (Wildman–Crippen LogP) is 2.90. The quantitative estimate of drug-likeness (QED) is 0.909. The molecule has 0 radical (unpaired) electrons.